The van der Waals surface area contributed by atoms with Crippen LogP contribution in [0.1, 0.15) is 53.3 Å². The van der Waals surface area contributed by atoms with Gasteiger partial charge in [0.05, 0.1) is 11.3 Å². The first-order chi connectivity index (χ1) is 9.90. The SMILES string of the molecule is CCc1nc(Nc2cc(C(=O)O)cc(C(C)C)n2)sc1C. The fourth-order valence-corrected chi connectivity index (χ4v) is 2.86. The molecule has 0 saturated carbocycles. The fraction of sp³-hybridized carbons (Fsp3) is 0.400. The van der Waals surface area contributed by atoms with Gasteiger partial charge in [0.25, 0.3) is 0 Å². The van der Waals surface area contributed by atoms with E-state index in [1.165, 1.54) is 10.9 Å². The van der Waals surface area contributed by atoms with Crippen LogP contribution in [-0.4, -0.2) is 21.0 Å². The van der Waals surface area contributed by atoms with Crippen LogP contribution in [0.3, 0.4) is 0 Å². The molecule has 2 N–H and O–H groups in total. The van der Waals surface area contributed by atoms with E-state index >= 15 is 0 Å². The highest BCUT2D eigenvalue weighted by molar-refractivity contribution is 7.15. The van der Waals surface area contributed by atoms with Gasteiger partial charge < -0.3 is 10.4 Å². The van der Waals surface area contributed by atoms with Gasteiger partial charge in [-0.3, -0.25) is 0 Å². The second-order valence-electron chi connectivity index (χ2n) is 5.13. The minimum Gasteiger partial charge on any atom is -0.478 e. The predicted octanol–water partition coefficient (Wildman–Crippen LogP) is 3.97. The van der Waals surface area contributed by atoms with Gasteiger partial charge in [-0.1, -0.05) is 20.8 Å². The number of nitrogens with one attached hydrogen (secondary N) is 1. The third kappa shape index (κ3) is 3.58. The maximum absolute atomic E-state index is 11.2. The number of aryl methyl sites for hydroxylation is 2. The molecule has 5 nitrogen and oxygen atoms in total. The smallest absolute Gasteiger partial charge is 0.335 e. The highest BCUT2D eigenvalue weighted by Crippen LogP contribution is 2.26. The van der Waals surface area contributed by atoms with Crippen molar-refractivity contribution < 1.29 is 9.90 Å². The van der Waals surface area contributed by atoms with Crippen LogP contribution in [0.25, 0.3) is 0 Å². The Kier molecular flexibility index (Phi) is 4.57. The van der Waals surface area contributed by atoms with E-state index in [2.05, 4.69) is 22.2 Å². The standard InChI is InChI=1S/C15H19N3O2S/c1-5-11-9(4)21-15(17-11)18-13-7-10(14(19)20)6-12(16-13)8(2)3/h6-8H,5H2,1-4H3,(H,19,20)(H,16,17,18). The van der Waals surface area contributed by atoms with Crippen molar-refractivity contribution in [2.75, 3.05) is 5.32 Å². The van der Waals surface area contributed by atoms with E-state index in [-0.39, 0.29) is 11.5 Å². The van der Waals surface area contributed by atoms with E-state index in [0.717, 1.165) is 22.9 Å². The Hall–Kier alpha value is -1.95. The molecular weight excluding hydrogens is 286 g/mol. The molecule has 2 rings (SSSR count). The molecule has 2 aromatic heterocycles. The Bertz CT molecular complexity index is 665. The molecule has 112 valence electrons. The molecule has 0 amide bonds. The van der Waals surface area contributed by atoms with Crippen molar-refractivity contribution >= 4 is 28.3 Å². The number of carboxylic acids is 1. The van der Waals surface area contributed by atoms with Crippen LogP contribution in [0, 0.1) is 6.92 Å². The number of carbonyl (C=O) groups is 1. The van der Waals surface area contributed by atoms with Crippen molar-refractivity contribution in [3.63, 3.8) is 0 Å². The van der Waals surface area contributed by atoms with Crippen LogP contribution in [-0.2, 0) is 6.42 Å². The lowest BCUT2D eigenvalue weighted by Gasteiger charge is -2.09. The summed E-state index contributed by atoms with van der Waals surface area (Å²) in [7, 11) is 0. The van der Waals surface area contributed by atoms with E-state index in [1.54, 1.807) is 17.4 Å². The van der Waals surface area contributed by atoms with Crippen molar-refractivity contribution in [2.45, 2.75) is 40.0 Å². The topological polar surface area (TPSA) is 75.1 Å². The van der Waals surface area contributed by atoms with Crippen molar-refractivity contribution in [2.24, 2.45) is 0 Å². The molecule has 0 aliphatic carbocycles. The molecule has 0 aliphatic heterocycles. The van der Waals surface area contributed by atoms with E-state index in [0.29, 0.717) is 5.82 Å². The number of hydrogen-bond acceptors (Lipinski definition) is 5. The van der Waals surface area contributed by atoms with Gasteiger partial charge in [0, 0.05) is 10.6 Å². The Morgan fingerprint density at radius 2 is 2.10 bits per heavy atom. The summed E-state index contributed by atoms with van der Waals surface area (Å²) in [6.45, 7) is 8.06. The molecule has 0 saturated heterocycles. The number of pyridine rings is 1. The van der Waals surface area contributed by atoms with Crippen LogP contribution in [0.15, 0.2) is 12.1 Å². The molecule has 6 heteroatoms. The predicted molar refractivity (Wildman–Crippen MR) is 84.8 cm³/mol. The van der Waals surface area contributed by atoms with Gasteiger partial charge in [-0.2, -0.15) is 0 Å². The quantitative estimate of drug-likeness (QED) is 0.874. The normalized spacial score (nSPS) is 10.9. The summed E-state index contributed by atoms with van der Waals surface area (Å²) in [6, 6.07) is 3.15. The lowest BCUT2D eigenvalue weighted by molar-refractivity contribution is 0.0696. The zero-order chi connectivity index (χ0) is 15.6. The Balaban J connectivity index is 2.35. The van der Waals surface area contributed by atoms with Gasteiger partial charge in [0.1, 0.15) is 5.82 Å². The number of thiazole rings is 1. The number of hydrogen-bond donors (Lipinski definition) is 2. The monoisotopic (exact) mass is 305 g/mol. The van der Waals surface area contributed by atoms with E-state index < -0.39 is 5.97 Å². The average molecular weight is 305 g/mol. The molecule has 2 heterocycles. The summed E-state index contributed by atoms with van der Waals surface area (Å²) in [5.74, 6) is -0.268. The molecule has 0 unspecified atom stereocenters. The van der Waals surface area contributed by atoms with Crippen molar-refractivity contribution in [3.8, 4) is 0 Å². The summed E-state index contributed by atoms with van der Waals surface area (Å²) in [4.78, 5) is 21.3. The number of anilines is 2. The van der Waals surface area contributed by atoms with Crippen molar-refractivity contribution in [3.05, 3.63) is 34.0 Å². The maximum Gasteiger partial charge on any atom is 0.335 e. The van der Waals surface area contributed by atoms with E-state index in [1.807, 2.05) is 20.8 Å². The Morgan fingerprint density at radius 3 is 2.62 bits per heavy atom. The molecule has 0 atom stereocenters. The van der Waals surface area contributed by atoms with Gasteiger partial charge in [-0.05, 0) is 31.4 Å². The molecule has 0 fully saturated rings. The summed E-state index contributed by atoms with van der Waals surface area (Å²) >= 11 is 1.55. The summed E-state index contributed by atoms with van der Waals surface area (Å²) in [5.41, 5.74) is 2.04. The first-order valence-corrected chi connectivity index (χ1v) is 7.71. The number of nitrogens with zero attached hydrogens (tertiary/aromatic N) is 2. The zero-order valence-electron chi connectivity index (χ0n) is 12.6. The largest absolute Gasteiger partial charge is 0.478 e. The highest BCUT2D eigenvalue weighted by Gasteiger charge is 2.12. The second-order valence-corrected chi connectivity index (χ2v) is 6.33. The molecule has 21 heavy (non-hydrogen) atoms. The maximum atomic E-state index is 11.2. The van der Waals surface area contributed by atoms with E-state index in [9.17, 15) is 9.90 Å². The van der Waals surface area contributed by atoms with Crippen LogP contribution in [0.4, 0.5) is 10.9 Å². The van der Waals surface area contributed by atoms with Gasteiger partial charge >= 0.3 is 5.97 Å². The first-order valence-electron chi connectivity index (χ1n) is 6.89. The molecule has 0 bridgehead atoms. The number of aromatic nitrogens is 2. The minimum atomic E-state index is -0.952. The number of carboxylic acid groups (broad SMARTS) is 1. The van der Waals surface area contributed by atoms with Gasteiger partial charge in [0.2, 0.25) is 0 Å². The minimum absolute atomic E-state index is 0.161. The highest BCUT2D eigenvalue weighted by atomic mass is 32.1. The Morgan fingerprint density at radius 1 is 1.38 bits per heavy atom. The zero-order valence-corrected chi connectivity index (χ0v) is 13.4. The first kappa shape index (κ1) is 15.4. The second kappa shape index (κ2) is 6.22. The van der Waals surface area contributed by atoms with Crippen LogP contribution >= 0.6 is 11.3 Å². The molecule has 0 aromatic carbocycles. The molecule has 0 aliphatic rings. The fourth-order valence-electron chi connectivity index (χ4n) is 1.95. The molecular formula is C15H19N3O2S. The van der Waals surface area contributed by atoms with Crippen molar-refractivity contribution in [1.82, 2.24) is 9.97 Å². The van der Waals surface area contributed by atoms with Crippen molar-refractivity contribution in [1.29, 1.82) is 0 Å². The third-order valence-electron chi connectivity index (χ3n) is 3.15. The molecule has 2 aromatic rings. The average Bonchev–Trinajstić information content (AvgIpc) is 2.78. The Labute approximate surface area is 128 Å². The molecule has 0 radical (unpaired) electrons. The number of rotatable bonds is 5. The summed E-state index contributed by atoms with van der Waals surface area (Å²) in [6.07, 6.45) is 0.879. The lowest BCUT2D eigenvalue weighted by atomic mass is 10.1. The lowest BCUT2D eigenvalue weighted by Crippen LogP contribution is -2.04. The summed E-state index contributed by atoms with van der Waals surface area (Å²) < 4.78 is 0. The van der Waals surface area contributed by atoms with Gasteiger partial charge in [0.15, 0.2) is 5.13 Å². The van der Waals surface area contributed by atoms with Crippen LogP contribution in [0.2, 0.25) is 0 Å². The van der Waals surface area contributed by atoms with Crippen LogP contribution in [0.5, 0.6) is 0 Å². The third-order valence-corrected chi connectivity index (χ3v) is 4.07. The molecule has 0 spiro atoms. The number of aromatic carboxylic acids is 1. The van der Waals surface area contributed by atoms with Gasteiger partial charge in [-0.15, -0.1) is 11.3 Å². The summed E-state index contributed by atoms with van der Waals surface area (Å²) in [5, 5.41) is 13.1. The van der Waals surface area contributed by atoms with Gasteiger partial charge in [-0.25, -0.2) is 14.8 Å². The van der Waals surface area contributed by atoms with Crippen LogP contribution < -0.4 is 5.32 Å². The van der Waals surface area contributed by atoms with E-state index in [4.69, 9.17) is 0 Å².